The van der Waals surface area contributed by atoms with Crippen molar-refractivity contribution >= 4 is 11.8 Å². The second-order valence-electron chi connectivity index (χ2n) is 3.39. The number of hydrogen-bond donors (Lipinski definition) is 1. The molecule has 112 valence electrons. The van der Waals surface area contributed by atoms with Crippen molar-refractivity contribution in [2.75, 3.05) is 11.9 Å². The highest BCUT2D eigenvalue weighted by Crippen LogP contribution is 2.25. The normalized spacial score (nSPS) is 11.9. The van der Waals surface area contributed by atoms with Gasteiger partial charge in [0.05, 0.1) is 0 Å². The van der Waals surface area contributed by atoms with E-state index in [0.29, 0.717) is 0 Å². The first-order valence-corrected chi connectivity index (χ1v) is 4.91. The molecule has 0 saturated heterocycles. The number of benzene rings is 1. The summed E-state index contributed by atoms with van der Waals surface area (Å²) in [6.45, 7) is -1.81. The maximum atomic E-state index is 11.9. The Morgan fingerprint density at radius 1 is 1.15 bits per heavy atom. The lowest BCUT2D eigenvalue weighted by Gasteiger charge is -2.11. The van der Waals surface area contributed by atoms with Gasteiger partial charge in [0.15, 0.2) is 6.61 Å². The van der Waals surface area contributed by atoms with Crippen LogP contribution in [-0.2, 0) is 4.74 Å². The summed E-state index contributed by atoms with van der Waals surface area (Å²) in [5.74, 6) is -0.633. The third-order valence-corrected chi connectivity index (χ3v) is 1.68. The molecular weight excluding hydrogens is 296 g/mol. The predicted molar refractivity (Wildman–Crippen MR) is 54.2 cm³/mol. The van der Waals surface area contributed by atoms with Gasteiger partial charge in [0.25, 0.3) is 0 Å². The molecule has 0 bridgehead atoms. The van der Waals surface area contributed by atoms with Crippen LogP contribution in [0, 0.1) is 0 Å². The minimum absolute atomic E-state index is 0.209. The summed E-state index contributed by atoms with van der Waals surface area (Å²) in [7, 11) is 0. The maximum Gasteiger partial charge on any atom is 0.573 e. The largest absolute Gasteiger partial charge is 0.573 e. The Bertz CT molecular complexity index is 471. The molecule has 0 radical (unpaired) electrons. The van der Waals surface area contributed by atoms with Crippen LogP contribution in [0.15, 0.2) is 24.3 Å². The molecule has 0 atom stereocenters. The van der Waals surface area contributed by atoms with E-state index in [1.165, 1.54) is 0 Å². The fourth-order valence-electron chi connectivity index (χ4n) is 1.07. The van der Waals surface area contributed by atoms with Gasteiger partial charge >= 0.3 is 18.6 Å². The van der Waals surface area contributed by atoms with Crippen molar-refractivity contribution in [1.29, 1.82) is 0 Å². The van der Waals surface area contributed by atoms with E-state index < -0.39 is 31.0 Å². The molecule has 0 unspecified atom stereocenters. The quantitative estimate of drug-likeness (QED) is 0.866. The van der Waals surface area contributed by atoms with Crippen LogP contribution in [0.2, 0.25) is 0 Å². The number of halogens is 6. The molecule has 4 nitrogen and oxygen atoms in total. The lowest BCUT2D eigenvalue weighted by molar-refractivity contribution is -0.274. The number of nitrogens with one attached hydrogen (secondary N) is 1. The van der Waals surface area contributed by atoms with Crippen LogP contribution in [0.3, 0.4) is 0 Å². The lowest BCUT2D eigenvalue weighted by atomic mass is 10.3. The molecule has 0 aromatic heterocycles. The zero-order chi connectivity index (χ0) is 15.4. The van der Waals surface area contributed by atoms with Gasteiger partial charge in [-0.1, -0.05) is 6.07 Å². The number of rotatable bonds is 3. The molecule has 0 aliphatic carbocycles. The van der Waals surface area contributed by atoms with Gasteiger partial charge in [-0.15, -0.1) is 13.2 Å². The van der Waals surface area contributed by atoms with Crippen LogP contribution in [0.4, 0.5) is 36.8 Å². The third kappa shape index (κ3) is 6.71. The van der Waals surface area contributed by atoms with Gasteiger partial charge in [0.1, 0.15) is 5.75 Å². The molecule has 1 aromatic carbocycles. The number of hydrogen-bond acceptors (Lipinski definition) is 3. The second kappa shape index (κ2) is 5.88. The molecule has 20 heavy (non-hydrogen) atoms. The van der Waals surface area contributed by atoms with E-state index in [1.807, 2.05) is 5.32 Å². The van der Waals surface area contributed by atoms with Crippen LogP contribution in [0.5, 0.6) is 5.75 Å². The average molecular weight is 303 g/mol. The van der Waals surface area contributed by atoms with Gasteiger partial charge in [-0.2, -0.15) is 13.2 Å². The summed E-state index contributed by atoms with van der Waals surface area (Å²) in [6, 6.07) is 4.00. The van der Waals surface area contributed by atoms with Gasteiger partial charge in [0, 0.05) is 11.8 Å². The van der Waals surface area contributed by atoms with Crippen LogP contribution in [-0.4, -0.2) is 25.2 Å². The smallest absolute Gasteiger partial charge is 0.440 e. The predicted octanol–water partition coefficient (Wildman–Crippen LogP) is 3.70. The fraction of sp³-hybridized carbons (Fsp3) is 0.300. The molecule has 0 heterocycles. The van der Waals surface area contributed by atoms with Crippen LogP contribution < -0.4 is 10.1 Å². The number of carbonyl (C=O) groups excluding carboxylic acids is 1. The maximum absolute atomic E-state index is 11.9. The number of anilines is 1. The number of amides is 1. The van der Waals surface area contributed by atoms with Gasteiger partial charge in [-0.25, -0.2) is 4.79 Å². The molecule has 0 saturated carbocycles. The van der Waals surface area contributed by atoms with Crippen LogP contribution in [0.1, 0.15) is 0 Å². The van der Waals surface area contributed by atoms with E-state index in [0.717, 1.165) is 24.3 Å². The molecule has 1 N–H and O–H groups in total. The van der Waals surface area contributed by atoms with E-state index in [1.54, 1.807) is 0 Å². The number of alkyl halides is 6. The topological polar surface area (TPSA) is 47.6 Å². The monoisotopic (exact) mass is 303 g/mol. The Hall–Kier alpha value is -2.13. The van der Waals surface area contributed by atoms with Crippen molar-refractivity contribution < 1.29 is 40.6 Å². The van der Waals surface area contributed by atoms with Crippen molar-refractivity contribution in [3.05, 3.63) is 24.3 Å². The zero-order valence-electron chi connectivity index (χ0n) is 9.51. The van der Waals surface area contributed by atoms with Crippen molar-refractivity contribution in [3.63, 3.8) is 0 Å². The molecule has 10 heteroatoms. The Morgan fingerprint density at radius 2 is 1.80 bits per heavy atom. The highest BCUT2D eigenvalue weighted by Gasteiger charge is 2.31. The SMILES string of the molecule is O=C(Nc1cccc(OC(F)(F)F)c1)OCC(F)(F)F. The van der Waals surface area contributed by atoms with Gasteiger partial charge in [-0.05, 0) is 12.1 Å². The summed E-state index contributed by atoms with van der Waals surface area (Å²) in [6.07, 6.45) is -11.1. The fourth-order valence-corrected chi connectivity index (χ4v) is 1.07. The first kappa shape index (κ1) is 15.9. The highest BCUT2D eigenvalue weighted by atomic mass is 19.4. The average Bonchev–Trinajstić information content (AvgIpc) is 2.23. The van der Waals surface area contributed by atoms with E-state index in [9.17, 15) is 31.1 Å². The summed E-state index contributed by atoms with van der Waals surface area (Å²) in [5.41, 5.74) is -0.209. The lowest BCUT2D eigenvalue weighted by Crippen LogP contribution is -2.23. The molecule has 0 fully saturated rings. The summed E-state index contributed by atoms with van der Waals surface area (Å²) < 4.78 is 78.4. The summed E-state index contributed by atoms with van der Waals surface area (Å²) >= 11 is 0. The van der Waals surface area contributed by atoms with E-state index >= 15 is 0 Å². The Labute approximate surface area is 108 Å². The van der Waals surface area contributed by atoms with E-state index in [2.05, 4.69) is 9.47 Å². The minimum atomic E-state index is -4.92. The molecule has 1 amide bonds. The molecule has 1 rings (SSSR count). The molecule has 0 aliphatic heterocycles. The molecule has 0 aliphatic rings. The first-order chi connectivity index (χ1) is 9.05. The third-order valence-electron chi connectivity index (χ3n) is 1.68. The Balaban J connectivity index is 2.60. The number of ether oxygens (including phenoxy) is 2. The highest BCUT2D eigenvalue weighted by molar-refractivity contribution is 5.84. The van der Waals surface area contributed by atoms with Crippen molar-refractivity contribution in [2.24, 2.45) is 0 Å². The first-order valence-electron chi connectivity index (χ1n) is 4.91. The number of carbonyl (C=O) groups is 1. The molecule has 0 spiro atoms. The van der Waals surface area contributed by atoms with Crippen molar-refractivity contribution in [2.45, 2.75) is 12.5 Å². The Morgan fingerprint density at radius 3 is 2.35 bits per heavy atom. The zero-order valence-corrected chi connectivity index (χ0v) is 9.51. The van der Waals surface area contributed by atoms with Crippen molar-refractivity contribution in [3.8, 4) is 5.75 Å². The van der Waals surface area contributed by atoms with Gasteiger partial charge < -0.3 is 9.47 Å². The minimum Gasteiger partial charge on any atom is -0.440 e. The second-order valence-corrected chi connectivity index (χ2v) is 3.39. The molecule has 1 aromatic rings. The Kier molecular flexibility index (Phi) is 4.69. The van der Waals surface area contributed by atoms with E-state index in [4.69, 9.17) is 0 Å². The van der Waals surface area contributed by atoms with Gasteiger partial charge in [-0.3, -0.25) is 5.32 Å². The molecular formula is C10H7F6NO3. The summed E-state index contributed by atoms with van der Waals surface area (Å²) in [4.78, 5) is 11.0. The van der Waals surface area contributed by atoms with Crippen LogP contribution >= 0.6 is 0 Å². The van der Waals surface area contributed by atoms with Crippen LogP contribution in [0.25, 0.3) is 0 Å². The van der Waals surface area contributed by atoms with Gasteiger partial charge in [0.2, 0.25) is 0 Å². The summed E-state index contributed by atoms with van der Waals surface area (Å²) in [5, 5.41) is 1.83. The standard InChI is InChI=1S/C10H7F6NO3/c11-9(12,13)5-19-8(18)17-6-2-1-3-7(4-6)20-10(14,15)16/h1-4H,5H2,(H,17,18). The van der Waals surface area contributed by atoms with Crippen molar-refractivity contribution in [1.82, 2.24) is 0 Å². The van der Waals surface area contributed by atoms with E-state index in [-0.39, 0.29) is 5.69 Å².